The molecule has 0 radical (unpaired) electrons. The number of para-hydroxylation sites is 1. The summed E-state index contributed by atoms with van der Waals surface area (Å²) in [5.41, 5.74) is 6.65. The van der Waals surface area contributed by atoms with Crippen LogP contribution in [0.5, 0.6) is 0 Å². The van der Waals surface area contributed by atoms with Crippen molar-refractivity contribution in [3.05, 3.63) is 53.6 Å². The molecule has 1 aliphatic carbocycles. The molecule has 1 fully saturated rings. The minimum absolute atomic E-state index is 0.0990. The number of carbonyl (C=O) groups excluding carboxylic acids is 1. The van der Waals surface area contributed by atoms with Crippen LogP contribution in [0.15, 0.2) is 63.5 Å². The zero-order valence-corrected chi connectivity index (χ0v) is 17.2. The van der Waals surface area contributed by atoms with Gasteiger partial charge in [-0.15, -0.1) is 10.2 Å². The van der Waals surface area contributed by atoms with Gasteiger partial charge in [0.2, 0.25) is 11.9 Å². The maximum Gasteiger partial charge on any atom is 0.234 e. The Kier molecular flexibility index (Phi) is 5.79. The lowest BCUT2D eigenvalue weighted by molar-refractivity contribution is -0.113. The van der Waals surface area contributed by atoms with Gasteiger partial charge in [-0.05, 0) is 49.2 Å². The summed E-state index contributed by atoms with van der Waals surface area (Å²) in [7, 11) is 0. The van der Waals surface area contributed by atoms with Crippen LogP contribution in [0.2, 0.25) is 5.02 Å². The summed E-state index contributed by atoms with van der Waals surface area (Å²) >= 11 is 8.87. The van der Waals surface area contributed by atoms with Gasteiger partial charge in [-0.2, -0.15) is 0 Å². The van der Waals surface area contributed by atoms with Crippen LogP contribution >= 0.6 is 35.1 Å². The van der Waals surface area contributed by atoms with E-state index in [1.165, 1.54) is 11.8 Å². The van der Waals surface area contributed by atoms with Crippen LogP contribution < -0.4 is 11.1 Å². The second-order valence-corrected chi connectivity index (χ2v) is 8.83. The quantitative estimate of drug-likeness (QED) is 0.526. The third-order valence-electron chi connectivity index (χ3n) is 4.14. The predicted octanol–water partition coefficient (Wildman–Crippen LogP) is 4.73. The van der Waals surface area contributed by atoms with Crippen molar-refractivity contribution in [1.82, 2.24) is 14.8 Å². The number of nitrogen functional groups attached to an aromatic ring is 1. The first kappa shape index (κ1) is 19.2. The molecule has 0 spiro atoms. The molecule has 2 aromatic carbocycles. The molecule has 28 heavy (non-hydrogen) atoms. The molecule has 1 heterocycles. The summed E-state index contributed by atoms with van der Waals surface area (Å²) in [5.74, 6) is 0.554. The van der Waals surface area contributed by atoms with Gasteiger partial charge >= 0.3 is 0 Å². The van der Waals surface area contributed by atoms with Crippen molar-refractivity contribution in [1.29, 1.82) is 0 Å². The van der Waals surface area contributed by atoms with E-state index in [2.05, 4.69) is 15.5 Å². The summed E-state index contributed by atoms with van der Waals surface area (Å²) in [6, 6.07) is 15.7. The van der Waals surface area contributed by atoms with Gasteiger partial charge in [-0.3, -0.25) is 9.36 Å². The fourth-order valence-electron chi connectivity index (χ4n) is 2.67. The van der Waals surface area contributed by atoms with Gasteiger partial charge in [-0.1, -0.05) is 47.3 Å². The monoisotopic (exact) mass is 431 g/mol. The zero-order chi connectivity index (χ0) is 19.5. The molecule has 6 nitrogen and oxygen atoms in total. The third kappa shape index (κ3) is 4.63. The summed E-state index contributed by atoms with van der Waals surface area (Å²) in [6.07, 6.45) is 2.16. The number of nitrogens with one attached hydrogen (secondary N) is 1. The highest BCUT2D eigenvalue weighted by Crippen LogP contribution is 2.39. The number of thioether (sulfide) groups is 1. The Balaban J connectivity index is 1.40. The highest BCUT2D eigenvalue weighted by molar-refractivity contribution is 8.00. The molecule has 4 rings (SSSR count). The van der Waals surface area contributed by atoms with E-state index in [9.17, 15) is 4.79 Å². The average molecular weight is 432 g/mol. The largest absolute Gasteiger partial charge is 0.368 e. The number of hydrogen-bond donors (Lipinski definition) is 2. The van der Waals surface area contributed by atoms with Crippen LogP contribution in [0, 0.1) is 0 Å². The van der Waals surface area contributed by atoms with Gasteiger partial charge in [0.05, 0.1) is 11.4 Å². The predicted molar refractivity (Wildman–Crippen MR) is 114 cm³/mol. The first-order valence-electron chi connectivity index (χ1n) is 8.75. The molecule has 144 valence electrons. The lowest BCUT2D eigenvalue weighted by Crippen LogP contribution is -2.15. The van der Waals surface area contributed by atoms with Gasteiger partial charge in [0, 0.05) is 20.9 Å². The summed E-state index contributed by atoms with van der Waals surface area (Å²) < 4.78 is 1.92. The SMILES string of the molecule is Nc1nnc(SCC(=O)Nc2ccccc2Sc2ccc(Cl)cc2)n1C1CC1. The summed E-state index contributed by atoms with van der Waals surface area (Å²) in [6.45, 7) is 0. The first-order valence-corrected chi connectivity index (χ1v) is 10.9. The van der Waals surface area contributed by atoms with Crippen molar-refractivity contribution in [3.63, 3.8) is 0 Å². The number of aromatic nitrogens is 3. The fraction of sp³-hybridized carbons (Fsp3) is 0.211. The smallest absolute Gasteiger partial charge is 0.234 e. The lowest BCUT2D eigenvalue weighted by Gasteiger charge is -2.11. The summed E-state index contributed by atoms with van der Waals surface area (Å²) in [5, 5.41) is 12.4. The molecule has 1 aliphatic rings. The topological polar surface area (TPSA) is 85.8 Å². The number of benzene rings is 2. The Morgan fingerprint density at radius 3 is 2.68 bits per heavy atom. The number of halogens is 1. The van der Waals surface area contributed by atoms with E-state index in [0.717, 1.165) is 28.3 Å². The van der Waals surface area contributed by atoms with Crippen LogP contribution in [-0.2, 0) is 4.79 Å². The van der Waals surface area contributed by atoms with E-state index in [4.69, 9.17) is 17.3 Å². The molecule has 0 saturated heterocycles. The van der Waals surface area contributed by atoms with Crippen molar-refractivity contribution >= 4 is 52.7 Å². The Bertz CT molecular complexity index is 988. The zero-order valence-electron chi connectivity index (χ0n) is 14.8. The molecule has 1 saturated carbocycles. The number of nitrogens with two attached hydrogens (primary N) is 1. The molecule has 1 amide bonds. The number of nitrogens with zero attached hydrogens (tertiary/aromatic N) is 3. The van der Waals surface area contributed by atoms with Gasteiger partial charge in [0.1, 0.15) is 0 Å². The van der Waals surface area contributed by atoms with Crippen molar-refractivity contribution in [3.8, 4) is 0 Å². The molecule has 0 atom stereocenters. The summed E-state index contributed by atoms with van der Waals surface area (Å²) in [4.78, 5) is 14.5. The van der Waals surface area contributed by atoms with Crippen molar-refractivity contribution in [2.75, 3.05) is 16.8 Å². The van der Waals surface area contributed by atoms with Crippen LogP contribution in [-0.4, -0.2) is 26.4 Å². The third-order valence-corrected chi connectivity index (χ3v) is 6.42. The van der Waals surface area contributed by atoms with E-state index >= 15 is 0 Å². The standard InChI is InChI=1S/C19H18ClN5OS2/c20-12-5-9-14(10-6-12)28-16-4-2-1-3-15(16)22-17(26)11-27-19-24-23-18(21)25(19)13-7-8-13/h1-6,9-10,13H,7-8,11H2,(H2,21,23)(H,22,26). The molecule has 0 unspecified atom stereocenters. The highest BCUT2D eigenvalue weighted by Gasteiger charge is 2.29. The van der Waals surface area contributed by atoms with E-state index in [-0.39, 0.29) is 11.7 Å². The molecular formula is C19H18ClN5OS2. The maximum atomic E-state index is 12.5. The van der Waals surface area contributed by atoms with Gasteiger partial charge in [0.15, 0.2) is 5.16 Å². The second-order valence-electron chi connectivity index (χ2n) is 6.33. The first-order chi connectivity index (χ1) is 13.6. The Morgan fingerprint density at radius 2 is 1.93 bits per heavy atom. The highest BCUT2D eigenvalue weighted by atomic mass is 35.5. The second kappa shape index (κ2) is 8.46. The number of hydrogen-bond acceptors (Lipinski definition) is 6. The number of carbonyl (C=O) groups is 1. The molecule has 0 bridgehead atoms. The van der Waals surface area contributed by atoms with E-state index in [1.54, 1.807) is 11.8 Å². The van der Waals surface area contributed by atoms with Crippen molar-refractivity contribution in [2.24, 2.45) is 0 Å². The Hall–Kier alpha value is -2.16. The van der Waals surface area contributed by atoms with Crippen LogP contribution in [0.25, 0.3) is 0 Å². The normalized spacial score (nSPS) is 13.5. The molecule has 3 aromatic rings. The maximum absolute atomic E-state index is 12.5. The molecule has 9 heteroatoms. The lowest BCUT2D eigenvalue weighted by atomic mass is 10.3. The molecular weight excluding hydrogens is 414 g/mol. The van der Waals surface area contributed by atoms with Crippen molar-refractivity contribution in [2.45, 2.75) is 33.8 Å². The van der Waals surface area contributed by atoms with Gasteiger partial charge < -0.3 is 11.1 Å². The minimum Gasteiger partial charge on any atom is -0.368 e. The van der Waals surface area contributed by atoms with E-state index in [0.29, 0.717) is 22.2 Å². The molecule has 1 aromatic heterocycles. The van der Waals surface area contributed by atoms with Crippen molar-refractivity contribution < 1.29 is 4.79 Å². The molecule has 3 N–H and O–H groups in total. The van der Waals surface area contributed by atoms with Crippen LogP contribution in [0.3, 0.4) is 0 Å². The fourth-order valence-corrected chi connectivity index (χ4v) is 4.51. The minimum atomic E-state index is -0.0990. The van der Waals surface area contributed by atoms with Gasteiger partial charge in [0.25, 0.3) is 0 Å². The number of anilines is 2. The van der Waals surface area contributed by atoms with E-state index < -0.39 is 0 Å². The average Bonchev–Trinajstić information content (AvgIpc) is 3.46. The number of rotatable bonds is 7. The van der Waals surface area contributed by atoms with Crippen LogP contribution in [0.1, 0.15) is 18.9 Å². The Morgan fingerprint density at radius 1 is 1.18 bits per heavy atom. The number of amides is 1. The Labute approximate surface area is 176 Å². The van der Waals surface area contributed by atoms with E-state index in [1.807, 2.05) is 53.1 Å². The van der Waals surface area contributed by atoms with Crippen LogP contribution in [0.4, 0.5) is 11.6 Å². The molecule has 0 aliphatic heterocycles. The van der Waals surface area contributed by atoms with Gasteiger partial charge in [-0.25, -0.2) is 0 Å².